The third-order valence-electron chi connectivity index (χ3n) is 2.31. The summed E-state index contributed by atoms with van der Waals surface area (Å²) in [7, 11) is 0. The van der Waals surface area contributed by atoms with Crippen LogP contribution in [0.2, 0.25) is 0 Å². The highest BCUT2D eigenvalue weighted by atomic mass is 16.5. The fourth-order valence-electron chi connectivity index (χ4n) is 1.43. The molecule has 0 unspecified atom stereocenters. The van der Waals surface area contributed by atoms with Crippen LogP contribution < -0.4 is 4.74 Å². The summed E-state index contributed by atoms with van der Waals surface area (Å²) in [6, 6.07) is 9.42. The first-order valence-electron chi connectivity index (χ1n) is 5.47. The molecule has 17 heavy (non-hydrogen) atoms. The highest BCUT2D eigenvalue weighted by Crippen LogP contribution is 2.13. The highest BCUT2D eigenvalue weighted by Gasteiger charge is 1.98. The fourth-order valence-corrected chi connectivity index (χ4v) is 1.43. The van der Waals surface area contributed by atoms with Gasteiger partial charge in [0, 0.05) is 19.0 Å². The molecule has 4 heteroatoms. The van der Waals surface area contributed by atoms with Crippen LogP contribution in [0, 0.1) is 0 Å². The van der Waals surface area contributed by atoms with Crippen molar-refractivity contribution in [1.29, 1.82) is 0 Å². The van der Waals surface area contributed by atoms with Gasteiger partial charge in [0.2, 0.25) is 0 Å². The molecular weight excluding hydrogens is 216 g/mol. The Labute approximate surface area is 99.9 Å². The lowest BCUT2D eigenvalue weighted by molar-refractivity contribution is 0.294. The quantitative estimate of drug-likeness (QED) is 0.847. The molecule has 0 spiro atoms. The molecule has 1 aromatic carbocycles. The van der Waals surface area contributed by atoms with Crippen molar-refractivity contribution in [3.63, 3.8) is 0 Å². The van der Waals surface area contributed by atoms with Crippen molar-refractivity contribution in [3.05, 3.63) is 54.1 Å². The number of nitrogens with zero attached hydrogens (tertiary/aromatic N) is 2. The Hall–Kier alpha value is -1.94. The van der Waals surface area contributed by atoms with Crippen molar-refractivity contribution in [2.75, 3.05) is 6.61 Å². The van der Waals surface area contributed by atoms with Crippen molar-refractivity contribution in [2.24, 2.45) is 0 Å². The molecule has 4 nitrogen and oxygen atoms in total. The van der Waals surface area contributed by atoms with Gasteiger partial charge in [-0.15, -0.1) is 0 Å². The third kappa shape index (κ3) is 3.53. The Balaban J connectivity index is 1.91. The number of hydrogen-bond acceptors (Lipinski definition) is 4. The van der Waals surface area contributed by atoms with Gasteiger partial charge in [0.15, 0.2) is 5.82 Å². The van der Waals surface area contributed by atoms with E-state index in [2.05, 4.69) is 9.97 Å². The molecule has 0 saturated heterocycles. The average Bonchev–Trinajstić information content (AvgIpc) is 2.40. The van der Waals surface area contributed by atoms with Crippen LogP contribution in [0.15, 0.2) is 42.7 Å². The Morgan fingerprint density at radius 3 is 2.41 bits per heavy atom. The summed E-state index contributed by atoms with van der Waals surface area (Å²) in [5.74, 6) is 1.44. The summed E-state index contributed by atoms with van der Waals surface area (Å²) in [5, 5.41) is 8.79. The lowest BCUT2D eigenvalue weighted by Crippen LogP contribution is -2.00. The normalized spacial score (nSPS) is 10.2. The summed E-state index contributed by atoms with van der Waals surface area (Å²) in [6.07, 6.45) is 4.05. The number of rotatable bonds is 5. The Morgan fingerprint density at radius 1 is 1.06 bits per heavy atom. The van der Waals surface area contributed by atoms with Crippen LogP contribution in [0.1, 0.15) is 11.4 Å². The molecule has 0 aliphatic heterocycles. The maximum Gasteiger partial charge on any atom is 0.166 e. The molecule has 0 aliphatic carbocycles. The zero-order valence-corrected chi connectivity index (χ0v) is 9.41. The van der Waals surface area contributed by atoms with Gasteiger partial charge in [0.05, 0.1) is 0 Å². The summed E-state index contributed by atoms with van der Waals surface area (Å²) < 4.78 is 5.54. The zero-order chi connectivity index (χ0) is 11.9. The van der Waals surface area contributed by atoms with Gasteiger partial charge in [-0.25, -0.2) is 9.97 Å². The topological polar surface area (TPSA) is 55.2 Å². The van der Waals surface area contributed by atoms with Gasteiger partial charge < -0.3 is 9.84 Å². The van der Waals surface area contributed by atoms with E-state index >= 15 is 0 Å². The van der Waals surface area contributed by atoms with E-state index in [9.17, 15) is 0 Å². The SMILES string of the molecule is OCCc1ccc(OCc2ncccn2)cc1. The number of aliphatic hydroxyl groups excluding tert-OH is 1. The fraction of sp³-hybridized carbons (Fsp3) is 0.231. The molecular formula is C13H14N2O2. The highest BCUT2D eigenvalue weighted by molar-refractivity contribution is 5.27. The molecule has 0 fully saturated rings. The van der Waals surface area contributed by atoms with E-state index in [1.54, 1.807) is 18.5 Å². The van der Waals surface area contributed by atoms with Crippen molar-refractivity contribution in [1.82, 2.24) is 9.97 Å². The van der Waals surface area contributed by atoms with Gasteiger partial charge in [0.1, 0.15) is 12.4 Å². The van der Waals surface area contributed by atoms with E-state index < -0.39 is 0 Å². The van der Waals surface area contributed by atoms with Crippen LogP contribution in [0.25, 0.3) is 0 Å². The van der Waals surface area contributed by atoms with E-state index in [4.69, 9.17) is 9.84 Å². The Bertz CT molecular complexity index is 443. The minimum Gasteiger partial charge on any atom is -0.486 e. The second-order valence-corrected chi connectivity index (χ2v) is 3.57. The molecule has 2 aromatic rings. The largest absolute Gasteiger partial charge is 0.486 e. The minimum absolute atomic E-state index is 0.165. The molecule has 0 bridgehead atoms. The van der Waals surface area contributed by atoms with E-state index in [1.807, 2.05) is 24.3 Å². The smallest absolute Gasteiger partial charge is 0.166 e. The van der Waals surface area contributed by atoms with Gasteiger partial charge in [-0.3, -0.25) is 0 Å². The molecule has 0 amide bonds. The number of aliphatic hydroxyl groups is 1. The van der Waals surface area contributed by atoms with E-state index in [1.165, 1.54) is 0 Å². The molecule has 0 aliphatic rings. The van der Waals surface area contributed by atoms with Crippen molar-refractivity contribution in [3.8, 4) is 5.75 Å². The first-order chi connectivity index (χ1) is 8.38. The summed E-state index contributed by atoms with van der Waals surface area (Å²) in [5.41, 5.74) is 1.09. The lowest BCUT2D eigenvalue weighted by atomic mass is 10.1. The lowest BCUT2D eigenvalue weighted by Gasteiger charge is -2.05. The van der Waals surface area contributed by atoms with Gasteiger partial charge in [-0.2, -0.15) is 0 Å². The van der Waals surface area contributed by atoms with Crippen LogP contribution in [-0.2, 0) is 13.0 Å². The van der Waals surface area contributed by atoms with Crippen molar-refractivity contribution >= 4 is 0 Å². The van der Waals surface area contributed by atoms with E-state index in [-0.39, 0.29) is 6.61 Å². The number of aromatic nitrogens is 2. The first-order valence-corrected chi connectivity index (χ1v) is 5.47. The molecule has 1 aromatic heterocycles. The molecule has 0 saturated carbocycles. The third-order valence-corrected chi connectivity index (χ3v) is 2.31. The molecule has 1 N–H and O–H groups in total. The van der Waals surface area contributed by atoms with Crippen LogP contribution >= 0.6 is 0 Å². The molecule has 0 radical (unpaired) electrons. The number of benzene rings is 1. The molecule has 2 rings (SSSR count). The van der Waals surface area contributed by atoms with Crippen molar-refractivity contribution in [2.45, 2.75) is 13.0 Å². The van der Waals surface area contributed by atoms with E-state index in [0.29, 0.717) is 18.9 Å². The summed E-state index contributed by atoms with van der Waals surface area (Å²) in [6.45, 7) is 0.526. The second-order valence-electron chi connectivity index (χ2n) is 3.57. The maximum atomic E-state index is 8.79. The van der Waals surface area contributed by atoms with Gasteiger partial charge >= 0.3 is 0 Å². The van der Waals surface area contributed by atoms with E-state index in [0.717, 1.165) is 11.3 Å². The average molecular weight is 230 g/mol. The monoisotopic (exact) mass is 230 g/mol. The Kier molecular flexibility index (Phi) is 4.05. The predicted octanol–water partition coefficient (Wildman–Crippen LogP) is 1.59. The summed E-state index contributed by atoms with van der Waals surface area (Å²) >= 11 is 0. The van der Waals surface area contributed by atoms with Crippen LogP contribution in [0.4, 0.5) is 0 Å². The molecule has 1 heterocycles. The number of hydrogen-bond donors (Lipinski definition) is 1. The standard InChI is InChI=1S/C13H14N2O2/c16-9-6-11-2-4-12(5-3-11)17-10-13-14-7-1-8-15-13/h1-5,7-8,16H,6,9-10H2. The number of ether oxygens (including phenoxy) is 1. The Morgan fingerprint density at radius 2 is 1.76 bits per heavy atom. The van der Waals surface area contributed by atoms with Crippen LogP contribution in [-0.4, -0.2) is 21.7 Å². The zero-order valence-electron chi connectivity index (χ0n) is 9.41. The minimum atomic E-state index is 0.165. The van der Waals surface area contributed by atoms with Crippen LogP contribution in [0.5, 0.6) is 5.75 Å². The molecule has 0 atom stereocenters. The predicted molar refractivity (Wildman–Crippen MR) is 63.6 cm³/mol. The molecule has 88 valence electrons. The summed E-state index contributed by atoms with van der Waals surface area (Å²) in [4.78, 5) is 8.14. The van der Waals surface area contributed by atoms with Gasteiger partial charge in [-0.1, -0.05) is 12.1 Å². The maximum absolute atomic E-state index is 8.79. The van der Waals surface area contributed by atoms with Gasteiger partial charge in [0.25, 0.3) is 0 Å². The van der Waals surface area contributed by atoms with Crippen LogP contribution in [0.3, 0.4) is 0 Å². The first kappa shape index (κ1) is 11.5. The second kappa shape index (κ2) is 5.96. The van der Waals surface area contributed by atoms with Gasteiger partial charge in [-0.05, 0) is 30.2 Å². The van der Waals surface area contributed by atoms with Crippen molar-refractivity contribution < 1.29 is 9.84 Å².